The molecule has 1 aromatic carbocycles. The minimum Gasteiger partial charge on any atom is -0.481 e. The topological polar surface area (TPSA) is 100 Å². The van der Waals surface area contributed by atoms with Crippen molar-refractivity contribution in [2.24, 2.45) is 0 Å². The van der Waals surface area contributed by atoms with Gasteiger partial charge in [-0.05, 0) is 48.6 Å². The third-order valence-corrected chi connectivity index (χ3v) is 6.34. The molecule has 3 aromatic rings. The van der Waals surface area contributed by atoms with E-state index in [0.717, 1.165) is 17.8 Å². The van der Waals surface area contributed by atoms with Crippen LogP contribution in [0.2, 0.25) is 0 Å². The molecular formula is C23H19F4N5O3. The van der Waals surface area contributed by atoms with E-state index in [0.29, 0.717) is 31.0 Å². The number of pyridine rings is 1. The van der Waals surface area contributed by atoms with Crippen molar-refractivity contribution in [2.45, 2.75) is 37.5 Å². The summed E-state index contributed by atoms with van der Waals surface area (Å²) in [5.41, 5.74) is -1.17. The van der Waals surface area contributed by atoms with E-state index >= 15 is 0 Å². The lowest BCUT2D eigenvalue weighted by Gasteiger charge is -2.35. The molecule has 2 N–H and O–H groups in total. The number of fused-ring (bicyclic) bond motifs is 4. The van der Waals surface area contributed by atoms with Crippen molar-refractivity contribution in [3.8, 4) is 17.0 Å². The number of carbonyl (C=O) groups excluding carboxylic acids is 1. The SMILES string of the molecule is COc1ccc(-c2cc(F)c(NC(=O)N3[C@H]4CC[C@@H]3c3n[nH]c(=O)cc3C4)cc2C(F)(F)F)cn1. The van der Waals surface area contributed by atoms with Crippen molar-refractivity contribution < 1.29 is 27.1 Å². The number of aromatic amines is 1. The molecule has 0 spiro atoms. The van der Waals surface area contributed by atoms with Gasteiger partial charge >= 0.3 is 12.2 Å². The van der Waals surface area contributed by atoms with Gasteiger partial charge in [0.1, 0.15) is 5.82 Å². The minimum absolute atomic E-state index is 0.0423. The highest BCUT2D eigenvalue weighted by Crippen LogP contribution is 2.43. The van der Waals surface area contributed by atoms with Crippen LogP contribution in [0.15, 0.2) is 41.3 Å². The number of aromatic nitrogens is 3. The Kier molecular flexibility index (Phi) is 5.45. The van der Waals surface area contributed by atoms with Crippen LogP contribution in [0.5, 0.6) is 5.88 Å². The van der Waals surface area contributed by atoms with Crippen LogP contribution >= 0.6 is 0 Å². The maximum atomic E-state index is 15.0. The number of urea groups is 1. The van der Waals surface area contributed by atoms with E-state index in [4.69, 9.17) is 4.74 Å². The van der Waals surface area contributed by atoms with E-state index in [1.54, 1.807) is 0 Å². The summed E-state index contributed by atoms with van der Waals surface area (Å²) >= 11 is 0. The van der Waals surface area contributed by atoms with Gasteiger partial charge in [0, 0.05) is 29.9 Å². The van der Waals surface area contributed by atoms with Crippen molar-refractivity contribution in [2.75, 3.05) is 12.4 Å². The number of ether oxygens (including phenoxy) is 1. The Morgan fingerprint density at radius 1 is 1.23 bits per heavy atom. The van der Waals surface area contributed by atoms with Crippen LogP contribution in [0.25, 0.3) is 11.1 Å². The lowest BCUT2D eigenvalue weighted by atomic mass is 9.98. The maximum Gasteiger partial charge on any atom is 0.417 e. The molecule has 2 aromatic heterocycles. The quantitative estimate of drug-likeness (QED) is 0.535. The zero-order chi connectivity index (χ0) is 24.9. The summed E-state index contributed by atoms with van der Waals surface area (Å²) in [5.74, 6) is -0.827. The molecule has 0 aliphatic carbocycles. The smallest absolute Gasteiger partial charge is 0.417 e. The number of nitrogens with one attached hydrogen (secondary N) is 2. The molecule has 2 atom stereocenters. The van der Waals surface area contributed by atoms with E-state index < -0.39 is 40.9 Å². The van der Waals surface area contributed by atoms with E-state index in [-0.39, 0.29) is 23.0 Å². The molecule has 8 nitrogen and oxygen atoms in total. The number of alkyl halides is 3. The molecule has 35 heavy (non-hydrogen) atoms. The predicted molar refractivity (Wildman–Crippen MR) is 116 cm³/mol. The summed E-state index contributed by atoms with van der Waals surface area (Å²) in [5, 5.41) is 8.72. The molecule has 0 saturated carbocycles. The largest absolute Gasteiger partial charge is 0.481 e. The fourth-order valence-electron chi connectivity index (χ4n) is 4.80. The van der Waals surface area contributed by atoms with Gasteiger partial charge in [-0.2, -0.15) is 18.3 Å². The number of carbonyl (C=O) groups is 1. The van der Waals surface area contributed by atoms with Gasteiger partial charge in [0.2, 0.25) is 5.88 Å². The minimum atomic E-state index is -4.82. The van der Waals surface area contributed by atoms with Crippen LogP contribution < -0.4 is 15.6 Å². The van der Waals surface area contributed by atoms with Crippen LogP contribution in [0, 0.1) is 5.82 Å². The number of benzene rings is 1. The van der Waals surface area contributed by atoms with E-state index in [1.165, 1.54) is 30.2 Å². The number of methoxy groups -OCH3 is 1. The van der Waals surface area contributed by atoms with Gasteiger partial charge in [-0.15, -0.1) is 0 Å². The molecule has 0 radical (unpaired) electrons. The summed E-state index contributed by atoms with van der Waals surface area (Å²) in [6, 6.07) is 3.99. The molecule has 1 saturated heterocycles. The number of anilines is 1. The second-order valence-electron chi connectivity index (χ2n) is 8.40. The van der Waals surface area contributed by atoms with Gasteiger partial charge in [0.05, 0.1) is 30.1 Å². The van der Waals surface area contributed by atoms with Crippen molar-refractivity contribution in [3.05, 3.63) is 69.5 Å². The van der Waals surface area contributed by atoms with E-state index in [2.05, 4.69) is 20.5 Å². The standard InChI is InChI=1S/C23H19F4N5O3/c1-35-20-5-2-11(10-28-20)14-8-16(24)17(9-15(14)23(25,26)27)29-22(34)32-13-3-4-18(32)21-12(6-13)7-19(33)30-31-21/h2,5,7-10,13,18H,3-4,6H2,1H3,(H,29,34)(H,30,33)/t13-,18+/m0/s1. The number of hydrogen-bond acceptors (Lipinski definition) is 5. The third-order valence-electron chi connectivity index (χ3n) is 6.34. The molecule has 12 heteroatoms. The molecule has 2 amide bonds. The first kappa shape index (κ1) is 22.8. The molecule has 182 valence electrons. The summed E-state index contributed by atoms with van der Waals surface area (Å²) in [6.07, 6.45) is -2.08. The molecular weight excluding hydrogens is 470 g/mol. The Labute approximate surface area is 195 Å². The van der Waals surface area contributed by atoms with Gasteiger partial charge in [-0.3, -0.25) is 4.79 Å². The fourth-order valence-corrected chi connectivity index (χ4v) is 4.80. The number of H-pyrrole nitrogens is 1. The van der Waals surface area contributed by atoms with Crippen molar-refractivity contribution in [1.82, 2.24) is 20.1 Å². The summed E-state index contributed by atoms with van der Waals surface area (Å²) in [4.78, 5) is 30.0. The van der Waals surface area contributed by atoms with Crippen LogP contribution in [0.1, 0.15) is 35.7 Å². The van der Waals surface area contributed by atoms with Crippen molar-refractivity contribution in [1.29, 1.82) is 0 Å². The zero-order valence-electron chi connectivity index (χ0n) is 18.3. The van der Waals surface area contributed by atoms with Crippen LogP contribution in [-0.2, 0) is 12.6 Å². The highest BCUT2D eigenvalue weighted by atomic mass is 19.4. The molecule has 2 aliphatic heterocycles. The van der Waals surface area contributed by atoms with Crippen LogP contribution in [-0.4, -0.2) is 39.3 Å². The Morgan fingerprint density at radius 3 is 2.71 bits per heavy atom. The monoisotopic (exact) mass is 489 g/mol. The van der Waals surface area contributed by atoms with E-state index in [1.807, 2.05) is 0 Å². The average molecular weight is 489 g/mol. The molecule has 1 fully saturated rings. The number of hydrogen-bond donors (Lipinski definition) is 2. The van der Waals surface area contributed by atoms with Crippen molar-refractivity contribution in [3.63, 3.8) is 0 Å². The average Bonchev–Trinajstić information content (AvgIpc) is 3.14. The predicted octanol–water partition coefficient (Wildman–Crippen LogP) is 4.29. The molecule has 4 heterocycles. The summed E-state index contributed by atoms with van der Waals surface area (Å²) in [7, 11) is 1.36. The highest BCUT2D eigenvalue weighted by Gasteiger charge is 2.44. The Bertz CT molecular complexity index is 1360. The van der Waals surface area contributed by atoms with Gasteiger partial charge in [-0.25, -0.2) is 19.3 Å². The Balaban J connectivity index is 1.47. The molecule has 5 rings (SSSR count). The summed E-state index contributed by atoms with van der Waals surface area (Å²) < 4.78 is 61.6. The summed E-state index contributed by atoms with van der Waals surface area (Å²) in [6.45, 7) is 0. The van der Waals surface area contributed by atoms with Gasteiger partial charge in [-0.1, -0.05) is 0 Å². The van der Waals surface area contributed by atoms with E-state index in [9.17, 15) is 27.2 Å². The molecule has 2 bridgehead atoms. The van der Waals surface area contributed by atoms with Gasteiger partial charge in [0.15, 0.2) is 0 Å². The number of nitrogens with zero attached hydrogens (tertiary/aromatic N) is 3. The van der Waals surface area contributed by atoms with Gasteiger partial charge in [0.25, 0.3) is 5.56 Å². The lowest BCUT2D eigenvalue weighted by Crippen LogP contribution is -2.45. The zero-order valence-corrected chi connectivity index (χ0v) is 18.3. The second-order valence-corrected chi connectivity index (χ2v) is 8.40. The maximum absolute atomic E-state index is 15.0. The Hall–Kier alpha value is -3.96. The first-order chi connectivity index (χ1) is 16.7. The number of halogens is 4. The first-order valence-corrected chi connectivity index (χ1v) is 10.7. The van der Waals surface area contributed by atoms with Crippen LogP contribution in [0.4, 0.5) is 28.0 Å². The van der Waals surface area contributed by atoms with Crippen LogP contribution in [0.3, 0.4) is 0 Å². The molecule has 0 unspecified atom stereocenters. The first-order valence-electron chi connectivity index (χ1n) is 10.7. The highest BCUT2D eigenvalue weighted by molar-refractivity contribution is 5.91. The Morgan fingerprint density at radius 2 is 2.03 bits per heavy atom. The number of amides is 2. The van der Waals surface area contributed by atoms with Gasteiger partial charge < -0.3 is 15.0 Å². The third kappa shape index (κ3) is 4.08. The lowest BCUT2D eigenvalue weighted by molar-refractivity contribution is -0.137. The normalized spacial score (nSPS) is 18.8. The fraction of sp³-hybridized carbons (Fsp3) is 0.304. The molecule has 2 aliphatic rings. The van der Waals surface area contributed by atoms with Crippen molar-refractivity contribution >= 4 is 11.7 Å². The second kappa shape index (κ2) is 8.36. The number of rotatable bonds is 3.